The van der Waals surface area contributed by atoms with Crippen molar-refractivity contribution in [3.63, 3.8) is 0 Å². The fourth-order valence-electron chi connectivity index (χ4n) is 5.12. The van der Waals surface area contributed by atoms with E-state index in [1.54, 1.807) is 0 Å². The van der Waals surface area contributed by atoms with E-state index in [1.165, 1.54) is 6.42 Å². The molecule has 0 spiro atoms. The lowest BCUT2D eigenvalue weighted by atomic mass is 9.65. The Hall–Kier alpha value is -1.36. The maximum Gasteiger partial charge on any atom is 0.275 e. The van der Waals surface area contributed by atoms with Gasteiger partial charge in [-0.15, -0.1) is 0 Å². The van der Waals surface area contributed by atoms with Crippen LogP contribution in [0.1, 0.15) is 61.8 Å². The standard InChI is InChI=1S/C17H25N3O2/c1-16(2)6-11-7-17(3,9-16)10-20(11)15(21)14-12-8-22-5-4-13(12)18-19-14/h11H,4-10H2,1-3H3,(H,18,19). The van der Waals surface area contributed by atoms with Crippen LogP contribution in [0, 0.1) is 10.8 Å². The number of nitrogens with one attached hydrogen (secondary N) is 1. The maximum absolute atomic E-state index is 13.1. The van der Waals surface area contributed by atoms with Crippen molar-refractivity contribution < 1.29 is 9.53 Å². The number of carbonyl (C=O) groups excluding carboxylic acids is 1. The van der Waals surface area contributed by atoms with Crippen LogP contribution >= 0.6 is 0 Å². The van der Waals surface area contributed by atoms with Crippen molar-refractivity contribution in [2.45, 2.75) is 59.1 Å². The Morgan fingerprint density at radius 1 is 1.36 bits per heavy atom. The lowest BCUT2D eigenvalue weighted by Crippen LogP contribution is -2.38. The highest BCUT2D eigenvalue weighted by Crippen LogP contribution is 2.52. The number of H-pyrrole nitrogens is 1. The van der Waals surface area contributed by atoms with E-state index in [-0.39, 0.29) is 11.3 Å². The number of hydrogen-bond donors (Lipinski definition) is 1. The second kappa shape index (κ2) is 4.57. The summed E-state index contributed by atoms with van der Waals surface area (Å²) >= 11 is 0. The molecule has 1 saturated carbocycles. The first-order valence-corrected chi connectivity index (χ1v) is 8.32. The molecule has 0 aromatic carbocycles. The molecule has 2 fully saturated rings. The number of aromatic nitrogens is 2. The minimum atomic E-state index is 0.0921. The molecule has 2 bridgehead atoms. The van der Waals surface area contributed by atoms with Gasteiger partial charge in [0, 0.05) is 30.3 Å². The predicted octanol–water partition coefficient (Wildman–Crippen LogP) is 2.52. The van der Waals surface area contributed by atoms with Crippen LogP contribution in [0.25, 0.3) is 0 Å². The predicted molar refractivity (Wildman–Crippen MR) is 82.5 cm³/mol. The van der Waals surface area contributed by atoms with E-state index in [2.05, 4.69) is 35.9 Å². The number of aromatic amines is 1. The smallest absolute Gasteiger partial charge is 0.275 e. The second-order valence-electron chi connectivity index (χ2n) is 8.48. The van der Waals surface area contributed by atoms with Crippen LogP contribution in [-0.2, 0) is 17.8 Å². The normalized spacial score (nSPS) is 32.9. The van der Waals surface area contributed by atoms with Crippen molar-refractivity contribution in [1.29, 1.82) is 0 Å². The highest BCUT2D eigenvalue weighted by molar-refractivity contribution is 5.94. The van der Waals surface area contributed by atoms with Gasteiger partial charge in [0.05, 0.1) is 13.2 Å². The minimum absolute atomic E-state index is 0.0921. The summed E-state index contributed by atoms with van der Waals surface area (Å²) in [5.41, 5.74) is 3.21. The van der Waals surface area contributed by atoms with Gasteiger partial charge >= 0.3 is 0 Å². The molecule has 0 radical (unpaired) electrons. The molecule has 3 heterocycles. The van der Waals surface area contributed by atoms with Gasteiger partial charge in [0.2, 0.25) is 0 Å². The number of nitrogens with zero attached hydrogens (tertiary/aromatic N) is 2. The second-order valence-corrected chi connectivity index (χ2v) is 8.48. The molecule has 5 nitrogen and oxygen atoms in total. The van der Waals surface area contributed by atoms with E-state index in [9.17, 15) is 4.79 Å². The third-order valence-corrected chi connectivity index (χ3v) is 5.57. The van der Waals surface area contributed by atoms with Gasteiger partial charge in [-0.3, -0.25) is 9.89 Å². The molecule has 120 valence electrons. The molecule has 1 N–H and O–H groups in total. The molecule has 3 aliphatic rings. The van der Waals surface area contributed by atoms with Crippen molar-refractivity contribution in [1.82, 2.24) is 15.1 Å². The number of fused-ring (bicyclic) bond motifs is 3. The Bertz CT molecular complexity index is 621. The Labute approximate surface area is 131 Å². The van der Waals surface area contributed by atoms with Crippen molar-refractivity contribution in [3.8, 4) is 0 Å². The first-order valence-electron chi connectivity index (χ1n) is 8.32. The van der Waals surface area contributed by atoms with Crippen LogP contribution in [0.15, 0.2) is 0 Å². The average molecular weight is 303 g/mol. The third kappa shape index (κ3) is 2.18. The van der Waals surface area contributed by atoms with E-state index in [0.717, 1.165) is 37.1 Å². The maximum atomic E-state index is 13.1. The highest BCUT2D eigenvalue weighted by Gasteiger charge is 2.51. The average Bonchev–Trinajstić information content (AvgIpc) is 2.95. The van der Waals surface area contributed by atoms with Crippen molar-refractivity contribution in [3.05, 3.63) is 17.0 Å². The number of carbonyl (C=O) groups is 1. The minimum Gasteiger partial charge on any atom is -0.376 e. The van der Waals surface area contributed by atoms with Gasteiger partial charge in [0.25, 0.3) is 5.91 Å². The Kier molecular flexibility index (Phi) is 2.96. The van der Waals surface area contributed by atoms with Gasteiger partial charge < -0.3 is 9.64 Å². The summed E-state index contributed by atoms with van der Waals surface area (Å²) in [5, 5.41) is 7.36. The molecule has 5 heteroatoms. The van der Waals surface area contributed by atoms with Crippen LogP contribution in [0.3, 0.4) is 0 Å². The van der Waals surface area contributed by atoms with Crippen LogP contribution in [0.4, 0.5) is 0 Å². The highest BCUT2D eigenvalue weighted by atomic mass is 16.5. The summed E-state index contributed by atoms with van der Waals surface area (Å²) in [7, 11) is 0. The van der Waals surface area contributed by atoms with Crippen LogP contribution in [-0.4, -0.2) is 40.2 Å². The molecule has 1 aromatic heterocycles. The summed E-state index contributed by atoms with van der Waals surface area (Å²) < 4.78 is 5.52. The Morgan fingerprint density at radius 2 is 2.18 bits per heavy atom. The molecular weight excluding hydrogens is 278 g/mol. The topological polar surface area (TPSA) is 58.2 Å². The Balaban J connectivity index is 1.63. The zero-order valence-electron chi connectivity index (χ0n) is 13.7. The molecular formula is C17H25N3O2. The lowest BCUT2D eigenvalue weighted by molar-refractivity contribution is 0.0690. The summed E-state index contributed by atoms with van der Waals surface area (Å²) in [5.74, 6) is 0.0921. The molecule has 1 amide bonds. The zero-order valence-corrected chi connectivity index (χ0v) is 13.7. The number of amides is 1. The summed E-state index contributed by atoms with van der Waals surface area (Å²) in [6.45, 7) is 9.07. The Morgan fingerprint density at radius 3 is 3.00 bits per heavy atom. The van der Waals surface area contributed by atoms with Crippen molar-refractivity contribution in [2.75, 3.05) is 13.2 Å². The molecule has 2 atom stereocenters. The van der Waals surface area contributed by atoms with Crippen LogP contribution in [0.5, 0.6) is 0 Å². The molecule has 1 aromatic rings. The monoisotopic (exact) mass is 303 g/mol. The van der Waals surface area contributed by atoms with E-state index in [1.807, 2.05) is 0 Å². The number of hydrogen-bond acceptors (Lipinski definition) is 3. The largest absolute Gasteiger partial charge is 0.376 e. The van der Waals surface area contributed by atoms with Crippen molar-refractivity contribution >= 4 is 5.91 Å². The van der Waals surface area contributed by atoms with E-state index in [0.29, 0.717) is 30.4 Å². The molecule has 2 aliphatic heterocycles. The number of likely N-dealkylation sites (tertiary alicyclic amines) is 1. The number of rotatable bonds is 1. The van der Waals surface area contributed by atoms with Gasteiger partial charge in [0.15, 0.2) is 5.69 Å². The van der Waals surface area contributed by atoms with Crippen molar-refractivity contribution in [2.24, 2.45) is 10.8 Å². The molecule has 1 aliphatic carbocycles. The summed E-state index contributed by atoms with van der Waals surface area (Å²) in [6, 6.07) is 0.359. The lowest BCUT2D eigenvalue weighted by Gasteiger charge is -2.39. The fourth-order valence-corrected chi connectivity index (χ4v) is 5.12. The fraction of sp³-hybridized carbons (Fsp3) is 0.765. The summed E-state index contributed by atoms with van der Waals surface area (Å²) in [4.78, 5) is 15.1. The van der Waals surface area contributed by atoms with Crippen LogP contribution in [0.2, 0.25) is 0 Å². The molecule has 1 saturated heterocycles. The van der Waals surface area contributed by atoms with E-state index >= 15 is 0 Å². The molecule has 4 rings (SSSR count). The zero-order chi connectivity index (χ0) is 15.5. The van der Waals surface area contributed by atoms with Gasteiger partial charge in [0.1, 0.15) is 0 Å². The SMILES string of the molecule is CC1(C)CC2CC(C)(CN2C(=O)c2n[nH]c3c2COCC3)C1. The van der Waals surface area contributed by atoms with Gasteiger partial charge in [-0.2, -0.15) is 5.10 Å². The molecule has 22 heavy (non-hydrogen) atoms. The number of ether oxygens (including phenoxy) is 1. The van der Waals surface area contributed by atoms with Gasteiger partial charge in [-0.05, 0) is 30.1 Å². The molecule has 2 unspecified atom stereocenters. The summed E-state index contributed by atoms with van der Waals surface area (Å²) in [6.07, 6.45) is 4.24. The first-order chi connectivity index (χ1) is 10.4. The van der Waals surface area contributed by atoms with Crippen LogP contribution < -0.4 is 0 Å². The first kappa shape index (κ1) is 14.2. The van der Waals surface area contributed by atoms with E-state index < -0.39 is 0 Å². The third-order valence-electron chi connectivity index (χ3n) is 5.57. The van der Waals surface area contributed by atoms with Gasteiger partial charge in [-0.1, -0.05) is 20.8 Å². The van der Waals surface area contributed by atoms with E-state index in [4.69, 9.17) is 4.74 Å². The quantitative estimate of drug-likeness (QED) is 0.867. The van der Waals surface area contributed by atoms with Gasteiger partial charge in [-0.25, -0.2) is 0 Å².